The molecule has 2 aromatic carbocycles. The molecule has 0 radical (unpaired) electrons. The van der Waals surface area contributed by atoms with Crippen molar-refractivity contribution in [3.63, 3.8) is 0 Å². The minimum absolute atomic E-state index is 0.321. The van der Waals surface area contributed by atoms with Crippen molar-refractivity contribution < 1.29 is 19.1 Å². The minimum Gasteiger partial charge on any atom is -0.462 e. The van der Waals surface area contributed by atoms with Gasteiger partial charge in [-0.25, -0.2) is 9.59 Å². The molecule has 0 aromatic heterocycles. The third-order valence-corrected chi connectivity index (χ3v) is 4.74. The molecule has 0 unspecified atom stereocenters. The Balaban J connectivity index is 1.84. The summed E-state index contributed by atoms with van der Waals surface area (Å²) in [5.74, 6) is -0.641. The maximum atomic E-state index is 12.1. The number of hydrogen-bond acceptors (Lipinski definition) is 6. The van der Waals surface area contributed by atoms with Crippen molar-refractivity contribution in [2.45, 2.75) is 38.5 Å². The molecule has 4 N–H and O–H groups in total. The quantitative estimate of drug-likeness (QED) is 0.382. The lowest BCUT2D eigenvalue weighted by atomic mass is 10.0. The van der Waals surface area contributed by atoms with Crippen LogP contribution in [0.2, 0.25) is 0 Å². The van der Waals surface area contributed by atoms with Crippen LogP contribution in [0.3, 0.4) is 0 Å². The normalized spacial score (nSPS) is 10.6. The molecular weight excluding hydrogens is 380 g/mol. The average Bonchev–Trinajstić information content (AvgIpc) is 2.79. The summed E-state index contributed by atoms with van der Waals surface area (Å²) in [6.45, 7) is 2.13. The highest BCUT2D eigenvalue weighted by molar-refractivity contribution is 5.91. The minimum atomic E-state index is -0.321. The van der Waals surface area contributed by atoms with E-state index in [9.17, 15) is 9.59 Å². The van der Waals surface area contributed by atoms with E-state index in [2.05, 4.69) is 0 Å². The zero-order valence-electron chi connectivity index (χ0n) is 17.5. The van der Waals surface area contributed by atoms with Crippen molar-refractivity contribution in [3.8, 4) is 11.1 Å². The summed E-state index contributed by atoms with van der Waals surface area (Å²) in [6.07, 6.45) is 5.45. The Morgan fingerprint density at radius 2 is 0.933 bits per heavy atom. The zero-order valence-corrected chi connectivity index (χ0v) is 17.5. The largest absolute Gasteiger partial charge is 0.462 e. The first-order chi connectivity index (χ1) is 14.7. The molecule has 0 atom stereocenters. The molecule has 0 saturated heterocycles. The molecule has 0 heterocycles. The average molecular weight is 413 g/mol. The van der Waals surface area contributed by atoms with Crippen molar-refractivity contribution in [2.75, 3.05) is 26.3 Å². The number of benzene rings is 2. The highest BCUT2D eigenvalue weighted by Gasteiger charge is 2.09. The van der Waals surface area contributed by atoms with Gasteiger partial charge in [0.25, 0.3) is 0 Å². The first-order valence-electron chi connectivity index (χ1n) is 10.6. The van der Waals surface area contributed by atoms with Gasteiger partial charge in [0, 0.05) is 0 Å². The number of nitrogens with two attached hydrogens (primary N) is 2. The van der Waals surface area contributed by atoms with Gasteiger partial charge in [0.1, 0.15) is 0 Å². The van der Waals surface area contributed by atoms with Crippen LogP contribution in [0.15, 0.2) is 48.5 Å². The number of rotatable bonds is 13. The topological polar surface area (TPSA) is 105 Å². The van der Waals surface area contributed by atoms with E-state index in [1.54, 1.807) is 24.3 Å². The standard InChI is InChI=1S/C24H32N2O4/c25-15-3-1-5-17-29-23(27)21-11-7-19(8-12-21)20-9-13-22(14-10-20)24(28)30-18-6-2-4-16-26/h7-14H,1-6,15-18,25-26H2. The van der Waals surface area contributed by atoms with Crippen LogP contribution in [-0.4, -0.2) is 38.2 Å². The molecule has 0 amide bonds. The second-order valence-corrected chi connectivity index (χ2v) is 7.13. The van der Waals surface area contributed by atoms with Crippen LogP contribution in [0.25, 0.3) is 11.1 Å². The number of unbranched alkanes of at least 4 members (excludes halogenated alkanes) is 4. The molecule has 0 spiro atoms. The van der Waals surface area contributed by atoms with Crippen molar-refractivity contribution in [1.29, 1.82) is 0 Å². The summed E-state index contributed by atoms with van der Waals surface area (Å²) >= 11 is 0. The lowest BCUT2D eigenvalue weighted by Gasteiger charge is -2.07. The van der Waals surface area contributed by atoms with Gasteiger partial charge in [-0.3, -0.25) is 0 Å². The highest BCUT2D eigenvalue weighted by Crippen LogP contribution is 2.21. The van der Waals surface area contributed by atoms with E-state index in [0.29, 0.717) is 37.4 Å². The summed E-state index contributed by atoms with van der Waals surface area (Å²) in [7, 11) is 0. The molecular formula is C24H32N2O4. The fourth-order valence-corrected chi connectivity index (χ4v) is 2.94. The van der Waals surface area contributed by atoms with Crippen LogP contribution in [0, 0.1) is 0 Å². The Morgan fingerprint density at radius 1 is 0.567 bits per heavy atom. The molecule has 2 aromatic rings. The molecule has 0 aliphatic heterocycles. The Bertz CT molecular complexity index is 705. The van der Waals surface area contributed by atoms with E-state index in [-0.39, 0.29) is 11.9 Å². The van der Waals surface area contributed by atoms with Crippen LogP contribution >= 0.6 is 0 Å². The molecule has 0 aliphatic carbocycles. The van der Waals surface area contributed by atoms with Gasteiger partial charge in [-0.2, -0.15) is 0 Å². The van der Waals surface area contributed by atoms with E-state index in [1.807, 2.05) is 24.3 Å². The number of hydrogen-bond donors (Lipinski definition) is 2. The molecule has 162 valence electrons. The molecule has 0 aliphatic rings. The lowest BCUT2D eigenvalue weighted by Crippen LogP contribution is -2.07. The van der Waals surface area contributed by atoms with Crippen LogP contribution < -0.4 is 11.5 Å². The van der Waals surface area contributed by atoms with E-state index in [1.165, 1.54) is 0 Å². The van der Waals surface area contributed by atoms with Crippen LogP contribution in [0.1, 0.15) is 59.2 Å². The monoisotopic (exact) mass is 412 g/mol. The van der Waals surface area contributed by atoms with E-state index >= 15 is 0 Å². The lowest BCUT2D eigenvalue weighted by molar-refractivity contribution is 0.0488. The molecule has 0 bridgehead atoms. The van der Waals surface area contributed by atoms with Gasteiger partial charge in [0.05, 0.1) is 24.3 Å². The predicted molar refractivity (Wildman–Crippen MR) is 118 cm³/mol. The second kappa shape index (κ2) is 13.5. The maximum Gasteiger partial charge on any atom is 0.338 e. The maximum absolute atomic E-state index is 12.1. The molecule has 2 rings (SSSR count). The second-order valence-electron chi connectivity index (χ2n) is 7.13. The number of carbonyl (C=O) groups is 2. The van der Waals surface area contributed by atoms with Gasteiger partial charge in [-0.1, -0.05) is 24.3 Å². The smallest absolute Gasteiger partial charge is 0.338 e. The summed E-state index contributed by atoms with van der Waals surface area (Å²) < 4.78 is 10.6. The fourth-order valence-electron chi connectivity index (χ4n) is 2.94. The Hall–Kier alpha value is -2.70. The third kappa shape index (κ3) is 7.97. The van der Waals surface area contributed by atoms with Gasteiger partial charge < -0.3 is 20.9 Å². The molecule has 6 nitrogen and oxygen atoms in total. The van der Waals surface area contributed by atoms with Gasteiger partial charge in [0.15, 0.2) is 0 Å². The first kappa shape index (κ1) is 23.6. The van der Waals surface area contributed by atoms with Gasteiger partial charge >= 0.3 is 11.9 Å². The Kier molecular flexibility index (Phi) is 10.6. The highest BCUT2D eigenvalue weighted by atomic mass is 16.5. The predicted octanol–water partition coefficient (Wildman–Crippen LogP) is 3.93. The molecule has 0 saturated carbocycles. The summed E-state index contributed by atoms with van der Waals surface area (Å²) in [4.78, 5) is 24.2. The van der Waals surface area contributed by atoms with Crippen molar-refractivity contribution in [3.05, 3.63) is 59.7 Å². The number of esters is 2. The Labute approximate surface area is 178 Å². The van der Waals surface area contributed by atoms with Gasteiger partial charge in [-0.05, 0) is 87.0 Å². The van der Waals surface area contributed by atoms with E-state index in [4.69, 9.17) is 20.9 Å². The molecule has 6 heteroatoms. The van der Waals surface area contributed by atoms with Gasteiger partial charge in [0.2, 0.25) is 0 Å². The summed E-state index contributed by atoms with van der Waals surface area (Å²) in [6, 6.07) is 14.5. The number of ether oxygens (including phenoxy) is 2. The fraction of sp³-hybridized carbons (Fsp3) is 0.417. The van der Waals surface area contributed by atoms with E-state index in [0.717, 1.165) is 49.7 Å². The third-order valence-electron chi connectivity index (χ3n) is 4.74. The van der Waals surface area contributed by atoms with Crippen molar-refractivity contribution in [1.82, 2.24) is 0 Å². The van der Waals surface area contributed by atoms with E-state index < -0.39 is 0 Å². The summed E-state index contributed by atoms with van der Waals surface area (Å²) in [5.41, 5.74) is 13.8. The molecule has 30 heavy (non-hydrogen) atoms. The van der Waals surface area contributed by atoms with Crippen LogP contribution in [-0.2, 0) is 9.47 Å². The van der Waals surface area contributed by atoms with Gasteiger partial charge in [-0.15, -0.1) is 0 Å². The van der Waals surface area contributed by atoms with Crippen molar-refractivity contribution >= 4 is 11.9 Å². The molecule has 0 fully saturated rings. The summed E-state index contributed by atoms with van der Waals surface area (Å²) in [5, 5.41) is 0. The van der Waals surface area contributed by atoms with Crippen LogP contribution in [0.4, 0.5) is 0 Å². The zero-order chi connectivity index (χ0) is 21.6. The van der Waals surface area contributed by atoms with Crippen LogP contribution in [0.5, 0.6) is 0 Å². The number of carbonyl (C=O) groups excluding carboxylic acids is 2. The SMILES string of the molecule is NCCCCCOC(=O)c1ccc(-c2ccc(C(=O)OCCCCCN)cc2)cc1. The Morgan fingerprint density at radius 3 is 1.27 bits per heavy atom. The van der Waals surface area contributed by atoms with Crippen molar-refractivity contribution in [2.24, 2.45) is 11.5 Å². The first-order valence-corrected chi connectivity index (χ1v) is 10.6.